The summed E-state index contributed by atoms with van der Waals surface area (Å²) in [6.45, 7) is 1.42. The summed E-state index contributed by atoms with van der Waals surface area (Å²) in [5.41, 5.74) is 2.24. The highest BCUT2D eigenvalue weighted by molar-refractivity contribution is 6.18. The quantitative estimate of drug-likeness (QED) is 0.283. The van der Waals surface area contributed by atoms with Crippen molar-refractivity contribution in [3.05, 3.63) is 58.1 Å². The molecule has 0 spiro atoms. The molecule has 1 saturated heterocycles. The number of anilines is 2. The SMILES string of the molecule is CNc1cc(F)c(F)c2c1[nH]c1ncc(-c3cnc4c(c3)c(=O)c(C(=O)O)cn4C)c(N3CCC[C@H]3CN(C)C)c12. The minimum atomic E-state index is -1.33. The van der Waals surface area contributed by atoms with E-state index in [1.165, 1.54) is 10.8 Å². The molecule has 212 valence electrons. The number of aryl methyl sites for hydroxylation is 1. The van der Waals surface area contributed by atoms with E-state index in [-0.39, 0.29) is 22.4 Å². The van der Waals surface area contributed by atoms with E-state index in [1.807, 2.05) is 14.1 Å². The Labute approximate surface area is 233 Å². The molecule has 4 aromatic heterocycles. The van der Waals surface area contributed by atoms with Gasteiger partial charge < -0.3 is 29.8 Å². The molecular formula is C29H29F2N7O3. The van der Waals surface area contributed by atoms with Crippen molar-refractivity contribution in [2.45, 2.75) is 18.9 Å². The summed E-state index contributed by atoms with van der Waals surface area (Å²) in [5, 5.41) is 13.2. The summed E-state index contributed by atoms with van der Waals surface area (Å²) in [7, 11) is 7.24. The second kappa shape index (κ2) is 9.81. The van der Waals surface area contributed by atoms with Gasteiger partial charge in [-0.05, 0) is 33.0 Å². The largest absolute Gasteiger partial charge is 0.477 e. The summed E-state index contributed by atoms with van der Waals surface area (Å²) in [5.74, 6) is -3.30. The molecule has 5 heterocycles. The van der Waals surface area contributed by atoms with E-state index in [0.717, 1.165) is 25.5 Å². The Morgan fingerprint density at radius 3 is 2.71 bits per heavy atom. The van der Waals surface area contributed by atoms with Crippen molar-refractivity contribution in [1.29, 1.82) is 0 Å². The predicted octanol–water partition coefficient (Wildman–Crippen LogP) is 4.18. The van der Waals surface area contributed by atoms with E-state index in [0.29, 0.717) is 51.2 Å². The third kappa shape index (κ3) is 4.17. The summed E-state index contributed by atoms with van der Waals surface area (Å²) in [4.78, 5) is 41.5. The maximum absolute atomic E-state index is 15.6. The summed E-state index contributed by atoms with van der Waals surface area (Å²) in [6.07, 6.45) is 6.29. The third-order valence-corrected chi connectivity index (χ3v) is 7.83. The molecule has 0 aliphatic carbocycles. The van der Waals surface area contributed by atoms with E-state index in [4.69, 9.17) is 0 Å². The van der Waals surface area contributed by atoms with Crippen molar-refractivity contribution >= 4 is 50.3 Å². The van der Waals surface area contributed by atoms with Gasteiger partial charge in [0, 0.05) is 69.0 Å². The van der Waals surface area contributed by atoms with E-state index < -0.39 is 23.0 Å². The number of benzene rings is 1. The van der Waals surface area contributed by atoms with E-state index in [2.05, 4.69) is 30.1 Å². The number of carbonyl (C=O) groups is 1. The van der Waals surface area contributed by atoms with Gasteiger partial charge in [-0.3, -0.25) is 4.79 Å². The molecule has 1 atom stereocenters. The first-order valence-electron chi connectivity index (χ1n) is 13.2. The Bertz CT molecular complexity index is 1930. The number of pyridine rings is 3. The van der Waals surface area contributed by atoms with Crippen molar-refractivity contribution in [3.8, 4) is 11.1 Å². The van der Waals surface area contributed by atoms with Crippen LogP contribution in [0.3, 0.4) is 0 Å². The standard InChI is InChI=1S/C29H29F2N7O3/c1-32-20-9-19(30)23(31)21-22-25(38-7-5-6-15(38)12-36(2)3)17(11-33-27(22)35-24(20)21)14-8-16-26(39)18(29(40)41)13-37(4)28(16)34-10-14/h8-11,13,15,32H,5-7,12H2,1-4H3,(H,33,35)(H,40,41)/t15-/m0/s1. The van der Waals surface area contributed by atoms with Crippen LogP contribution in [0.1, 0.15) is 23.2 Å². The van der Waals surface area contributed by atoms with Crippen LogP contribution in [-0.4, -0.2) is 75.8 Å². The van der Waals surface area contributed by atoms with Crippen LogP contribution in [0, 0.1) is 11.6 Å². The number of carboxylic acids is 1. The van der Waals surface area contributed by atoms with Crippen molar-refractivity contribution in [2.75, 3.05) is 44.4 Å². The van der Waals surface area contributed by atoms with Crippen molar-refractivity contribution < 1.29 is 18.7 Å². The zero-order valence-corrected chi connectivity index (χ0v) is 23.0. The number of halogens is 2. The molecule has 41 heavy (non-hydrogen) atoms. The lowest BCUT2D eigenvalue weighted by atomic mass is 10.0. The van der Waals surface area contributed by atoms with Crippen molar-refractivity contribution in [2.24, 2.45) is 7.05 Å². The number of hydrogen-bond acceptors (Lipinski definition) is 7. The normalized spacial score (nSPS) is 15.6. The number of carboxylic acid groups (broad SMARTS) is 1. The Morgan fingerprint density at radius 2 is 2.00 bits per heavy atom. The number of nitrogens with zero attached hydrogens (tertiary/aromatic N) is 5. The fourth-order valence-electron chi connectivity index (χ4n) is 6.05. The van der Waals surface area contributed by atoms with Gasteiger partial charge in [-0.1, -0.05) is 0 Å². The zero-order chi connectivity index (χ0) is 29.2. The second-order valence-corrected chi connectivity index (χ2v) is 10.7. The maximum Gasteiger partial charge on any atom is 0.341 e. The number of rotatable bonds is 6. The van der Waals surface area contributed by atoms with Crippen LogP contribution < -0.4 is 15.6 Å². The maximum atomic E-state index is 15.6. The van der Waals surface area contributed by atoms with Gasteiger partial charge in [-0.15, -0.1) is 0 Å². The summed E-state index contributed by atoms with van der Waals surface area (Å²) in [6, 6.07) is 2.80. The van der Waals surface area contributed by atoms with Crippen molar-refractivity contribution in [3.63, 3.8) is 0 Å². The lowest BCUT2D eigenvalue weighted by Gasteiger charge is -2.31. The number of aromatic amines is 1. The molecule has 1 fully saturated rings. The van der Waals surface area contributed by atoms with Gasteiger partial charge in [0.05, 0.1) is 33.1 Å². The molecule has 6 rings (SSSR count). The zero-order valence-electron chi connectivity index (χ0n) is 23.0. The van der Waals surface area contributed by atoms with Crippen LogP contribution in [0.4, 0.5) is 20.2 Å². The first-order chi connectivity index (χ1) is 19.6. The molecule has 1 aliphatic heterocycles. The minimum Gasteiger partial charge on any atom is -0.477 e. The first-order valence-corrected chi connectivity index (χ1v) is 13.2. The van der Waals surface area contributed by atoms with Crippen LogP contribution in [-0.2, 0) is 7.05 Å². The van der Waals surface area contributed by atoms with E-state index >= 15 is 4.39 Å². The highest BCUT2D eigenvalue weighted by atomic mass is 19.2. The molecule has 0 amide bonds. The number of H-pyrrole nitrogens is 1. The van der Waals surface area contributed by atoms with E-state index in [9.17, 15) is 19.1 Å². The van der Waals surface area contributed by atoms with Gasteiger partial charge in [-0.2, -0.15) is 0 Å². The van der Waals surface area contributed by atoms with E-state index in [1.54, 1.807) is 32.6 Å². The smallest absolute Gasteiger partial charge is 0.341 e. The Kier molecular flexibility index (Phi) is 6.37. The van der Waals surface area contributed by atoms with Crippen LogP contribution in [0.5, 0.6) is 0 Å². The first kappa shape index (κ1) is 26.6. The molecule has 3 N–H and O–H groups in total. The van der Waals surface area contributed by atoms with Crippen LogP contribution in [0.25, 0.3) is 44.1 Å². The molecule has 1 aromatic carbocycles. The monoisotopic (exact) mass is 561 g/mol. The molecule has 0 saturated carbocycles. The van der Waals surface area contributed by atoms with Crippen molar-refractivity contribution in [1.82, 2.24) is 24.4 Å². The van der Waals surface area contributed by atoms with Gasteiger partial charge in [0.1, 0.15) is 16.9 Å². The topological polar surface area (TPSA) is 119 Å². The number of aromatic carboxylic acids is 1. The molecule has 0 radical (unpaired) electrons. The fourth-order valence-corrected chi connectivity index (χ4v) is 6.05. The summed E-state index contributed by atoms with van der Waals surface area (Å²) < 4.78 is 32.0. The Morgan fingerprint density at radius 1 is 1.22 bits per heavy atom. The van der Waals surface area contributed by atoms with Crippen LogP contribution >= 0.6 is 0 Å². The molecular weight excluding hydrogens is 532 g/mol. The van der Waals surface area contributed by atoms with Gasteiger partial charge in [-0.25, -0.2) is 23.5 Å². The van der Waals surface area contributed by atoms with Gasteiger partial charge >= 0.3 is 5.97 Å². The predicted molar refractivity (Wildman–Crippen MR) is 155 cm³/mol. The van der Waals surface area contributed by atoms with Gasteiger partial charge in [0.15, 0.2) is 11.6 Å². The fraction of sp³-hybridized carbons (Fsp3) is 0.310. The molecule has 10 nitrogen and oxygen atoms in total. The average molecular weight is 562 g/mol. The lowest BCUT2D eigenvalue weighted by molar-refractivity contribution is 0.0695. The second-order valence-electron chi connectivity index (χ2n) is 10.7. The molecule has 0 bridgehead atoms. The average Bonchev–Trinajstić information content (AvgIpc) is 3.56. The number of nitrogens with one attached hydrogen (secondary N) is 2. The van der Waals surface area contributed by atoms with Gasteiger partial charge in [0.25, 0.3) is 0 Å². The number of likely N-dealkylation sites (N-methyl/N-ethyl adjacent to an activating group) is 1. The van der Waals surface area contributed by atoms with Crippen LogP contribution in [0.2, 0.25) is 0 Å². The lowest BCUT2D eigenvalue weighted by Crippen LogP contribution is -2.38. The number of aromatic nitrogens is 4. The minimum absolute atomic E-state index is 0.0830. The highest BCUT2D eigenvalue weighted by Crippen LogP contribution is 2.45. The van der Waals surface area contributed by atoms with Gasteiger partial charge in [0.2, 0.25) is 5.43 Å². The molecule has 5 aromatic rings. The molecule has 0 unspecified atom stereocenters. The number of fused-ring (bicyclic) bond motifs is 4. The molecule has 1 aliphatic rings. The number of hydrogen-bond donors (Lipinski definition) is 3. The Hall–Kier alpha value is -4.58. The highest BCUT2D eigenvalue weighted by Gasteiger charge is 2.32. The third-order valence-electron chi connectivity index (χ3n) is 7.83. The summed E-state index contributed by atoms with van der Waals surface area (Å²) >= 11 is 0. The molecule has 12 heteroatoms. The van der Waals surface area contributed by atoms with Crippen LogP contribution in [0.15, 0.2) is 35.5 Å². The Balaban J connectivity index is 1.72.